The molecule has 0 heterocycles. The largest absolute Gasteiger partial charge is 0.323 e. The van der Waals surface area contributed by atoms with Gasteiger partial charge in [-0.2, -0.15) is 5.17 Å². The summed E-state index contributed by atoms with van der Waals surface area (Å²) in [7, 11) is 1.28. The van der Waals surface area contributed by atoms with Crippen LogP contribution in [0.4, 0.5) is 0 Å². The van der Waals surface area contributed by atoms with Crippen molar-refractivity contribution in [1.82, 2.24) is 15.4 Å². The Morgan fingerprint density at radius 3 is 2.16 bits per heavy atom. The normalized spacial score (nSPS) is 13.5. The van der Waals surface area contributed by atoms with Crippen LogP contribution in [0.15, 0.2) is 48.5 Å². The van der Waals surface area contributed by atoms with Crippen LogP contribution in [-0.4, -0.2) is 52.5 Å². The lowest BCUT2D eigenvalue weighted by atomic mass is 10.1. The van der Waals surface area contributed by atoms with E-state index in [0.29, 0.717) is 11.6 Å². The van der Waals surface area contributed by atoms with Gasteiger partial charge in [0.15, 0.2) is 12.3 Å². The monoisotopic (exact) mass is 420 g/mol. The molecule has 160 valence electrons. The molecular formula is C23H24N4O4. The Hall–Kier alpha value is -3.51. The van der Waals surface area contributed by atoms with Crippen LogP contribution in [0, 0.1) is 11.8 Å². The van der Waals surface area contributed by atoms with Gasteiger partial charge in [0.05, 0.1) is 0 Å². The van der Waals surface area contributed by atoms with Crippen LogP contribution in [0.3, 0.4) is 0 Å². The number of hydroxylamine groups is 1. The van der Waals surface area contributed by atoms with Gasteiger partial charge >= 0.3 is 0 Å². The summed E-state index contributed by atoms with van der Waals surface area (Å²) in [5, 5.41) is 12.3. The number of carbonyl (C=O) groups excluding carboxylic acids is 3. The summed E-state index contributed by atoms with van der Waals surface area (Å²) < 4.78 is 0. The fraction of sp³-hybridized carbons (Fsp3) is 0.261. The van der Waals surface area contributed by atoms with Crippen molar-refractivity contribution < 1.29 is 19.6 Å². The molecular weight excluding hydrogens is 396 g/mol. The van der Waals surface area contributed by atoms with E-state index in [2.05, 4.69) is 29.3 Å². The van der Waals surface area contributed by atoms with Crippen molar-refractivity contribution in [2.75, 3.05) is 7.05 Å². The van der Waals surface area contributed by atoms with Crippen molar-refractivity contribution in [3.63, 3.8) is 0 Å². The molecule has 8 nitrogen and oxygen atoms in total. The highest BCUT2D eigenvalue weighted by Gasteiger charge is 2.29. The summed E-state index contributed by atoms with van der Waals surface area (Å²) in [4.78, 5) is 36.3. The van der Waals surface area contributed by atoms with Crippen molar-refractivity contribution >= 4 is 18.1 Å². The SMILES string of the molecule is CN(C(=O)c1ccc(C#Cc2ccc(CNC3CC3)cc2)cc1)C(C=O)C(=O)N(N)O. The molecule has 4 N–H and O–H groups in total. The molecule has 0 radical (unpaired) electrons. The van der Waals surface area contributed by atoms with E-state index in [-0.39, 0.29) is 17.0 Å². The van der Waals surface area contributed by atoms with E-state index in [0.717, 1.165) is 17.0 Å². The smallest absolute Gasteiger partial charge is 0.291 e. The number of aldehydes is 1. The molecule has 1 fully saturated rings. The summed E-state index contributed by atoms with van der Waals surface area (Å²) >= 11 is 0. The number of amides is 2. The summed E-state index contributed by atoms with van der Waals surface area (Å²) in [5.74, 6) is 9.41. The fourth-order valence-corrected chi connectivity index (χ4v) is 2.88. The third-order valence-corrected chi connectivity index (χ3v) is 4.95. The van der Waals surface area contributed by atoms with E-state index < -0.39 is 17.9 Å². The van der Waals surface area contributed by atoms with Crippen LogP contribution >= 0.6 is 0 Å². The average Bonchev–Trinajstić information content (AvgIpc) is 3.61. The maximum absolute atomic E-state index is 12.5. The molecule has 3 rings (SSSR count). The predicted octanol–water partition coefficient (Wildman–Crippen LogP) is 1.07. The standard InChI is InChI=1S/C23H24N4O4/c1-26(21(15-28)23(30)27(24)31)22(29)19-10-8-17(9-11-19)3-2-16-4-6-18(7-5-16)14-25-20-12-13-20/h4-11,15,20-21,25,31H,12-14,24H2,1H3. The lowest BCUT2D eigenvalue weighted by Gasteiger charge is -2.24. The number of nitrogens with one attached hydrogen (secondary N) is 1. The Morgan fingerprint density at radius 1 is 1.13 bits per heavy atom. The van der Waals surface area contributed by atoms with Gasteiger partial charge in [-0.1, -0.05) is 24.0 Å². The lowest BCUT2D eigenvalue weighted by molar-refractivity contribution is -0.171. The number of nitrogens with zero attached hydrogens (tertiary/aromatic N) is 2. The van der Waals surface area contributed by atoms with Crippen LogP contribution in [-0.2, 0) is 16.1 Å². The molecule has 1 unspecified atom stereocenters. The molecule has 1 saturated carbocycles. The van der Waals surface area contributed by atoms with E-state index in [1.54, 1.807) is 24.3 Å². The minimum absolute atomic E-state index is 0.211. The Kier molecular flexibility index (Phi) is 7.15. The number of likely N-dealkylation sites (N-methyl/N-ethyl adjacent to an activating group) is 1. The van der Waals surface area contributed by atoms with E-state index >= 15 is 0 Å². The molecule has 31 heavy (non-hydrogen) atoms. The lowest BCUT2D eigenvalue weighted by Crippen LogP contribution is -2.51. The topological polar surface area (TPSA) is 116 Å². The number of hydrogen-bond donors (Lipinski definition) is 3. The maximum atomic E-state index is 12.5. The first kappa shape index (κ1) is 22.2. The predicted molar refractivity (Wildman–Crippen MR) is 113 cm³/mol. The van der Waals surface area contributed by atoms with Crippen molar-refractivity contribution in [2.45, 2.75) is 31.5 Å². The first-order valence-corrected chi connectivity index (χ1v) is 9.83. The Morgan fingerprint density at radius 2 is 1.68 bits per heavy atom. The van der Waals surface area contributed by atoms with Gasteiger partial charge in [-0.05, 0) is 54.8 Å². The molecule has 0 bridgehead atoms. The minimum Gasteiger partial charge on any atom is -0.323 e. The Balaban J connectivity index is 1.62. The summed E-state index contributed by atoms with van der Waals surface area (Å²) in [6, 6.07) is 13.7. The molecule has 1 atom stereocenters. The first-order chi connectivity index (χ1) is 14.9. The zero-order valence-corrected chi connectivity index (χ0v) is 17.1. The zero-order valence-electron chi connectivity index (χ0n) is 17.1. The van der Waals surface area contributed by atoms with Crippen LogP contribution in [0.1, 0.15) is 39.9 Å². The molecule has 0 aromatic heterocycles. The number of hydrogen-bond acceptors (Lipinski definition) is 6. The summed E-state index contributed by atoms with van der Waals surface area (Å²) in [5.41, 5.74) is 3.08. The highest BCUT2D eigenvalue weighted by molar-refractivity contribution is 6.03. The van der Waals surface area contributed by atoms with E-state index in [9.17, 15) is 14.4 Å². The van der Waals surface area contributed by atoms with Gasteiger partial charge in [0.2, 0.25) is 0 Å². The second kappa shape index (κ2) is 10.00. The zero-order chi connectivity index (χ0) is 22.4. The molecule has 2 amide bonds. The number of benzene rings is 2. The van der Waals surface area contributed by atoms with Crippen LogP contribution < -0.4 is 11.2 Å². The summed E-state index contributed by atoms with van der Waals surface area (Å²) in [6.45, 7) is 0.862. The van der Waals surface area contributed by atoms with Gasteiger partial charge < -0.3 is 15.0 Å². The molecule has 2 aromatic rings. The van der Waals surface area contributed by atoms with Gasteiger partial charge in [0, 0.05) is 36.3 Å². The van der Waals surface area contributed by atoms with Crippen molar-refractivity contribution in [2.24, 2.45) is 5.84 Å². The molecule has 1 aliphatic rings. The Labute approximate surface area is 180 Å². The number of carbonyl (C=O) groups is 3. The van der Waals surface area contributed by atoms with Gasteiger partial charge in [-0.15, -0.1) is 0 Å². The highest BCUT2D eigenvalue weighted by atomic mass is 16.5. The van der Waals surface area contributed by atoms with E-state index in [1.807, 2.05) is 12.1 Å². The molecule has 0 spiro atoms. The molecule has 0 saturated heterocycles. The van der Waals surface area contributed by atoms with E-state index in [4.69, 9.17) is 11.0 Å². The third-order valence-electron chi connectivity index (χ3n) is 4.95. The molecule has 2 aromatic carbocycles. The van der Waals surface area contributed by atoms with Gasteiger partial charge in [0.1, 0.15) is 0 Å². The second-order valence-corrected chi connectivity index (χ2v) is 7.36. The maximum Gasteiger partial charge on any atom is 0.291 e. The quantitative estimate of drug-likeness (QED) is 0.117. The van der Waals surface area contributed by atoms with Gasteiger partial charge in [-0.25, -0.2) is 5.84 Å². The van der Waals surface area contributed by atoms with Crippen LogP contribution in [0.2, 0.25) is 0 Å². The van der Waals surface area contributed by atoms with Crippen molar-refractivity contribution in [3.8, 4) is 11.8 Å². The first-order valence-electron chi connectivity index (χ1n) is 9.83. The van der Waals surface area contributed by atoms with Crippen LogP contribution in [0.5, 0.6) is 0 Å². The number of rotatable bonds is 7. The fourth-order valence-electron chi connectivity index (χ4n) is 2.88. The van der Waals surface area contributed by atoms with E-state index in [1.165, 1.54) is 25.5 Å². The van der Waals surface area contributed by atoms with Gasteiger partial charge in [0.25, 0.3) is 11.8 Å². The number of nitrogens with two attached hydrogens (primary N) is 1. The third kappa shape index (κ3) is 5.99. The summed E-state index contributed by atoms with van der Waals surface area (Å²) in [6.07, 6.45) is 2.76. The van der Waals surface area contributed by atoms with Gasteiger partial charge in [-0.3, -0.25) is 14.8 Å². The Bertz CT molecular complexity index is 1000. The molecule has 1 aliphatic carbocycles. The molecule has 8 heteroatoms. The molecule has 0 aliphatic heterocycles. The second-order valence-electron chi connectivity index (χ2n) is 7.36. The van der Waals surface area contributed by atoms with Crippen molar-refractivity contribution in [1.29, 1.82) is 0 Å². The minimum atomic E-state index is -1.52. The average molecular weight is 420 g/mol. The highest BCUT2D eigenvalue weighted by Crippen LogP contribution is 2.19. The van der Waals surface area contributed by atoms with Crippen LogP contribution in [0.25, 0.3) is 0 Å². The number of hydrazine groups is 1. The van der Waals surface area contributed by atoms with Crippen molar-refractivity contribution in [3.05, 3.63) is 70.8 Å².